The maximum Gasteiger partial charge on any atom is 0.371 e. The molecule has 0 aliphatic carbocycles. The Labute approximate surface area is 93.9 Å². The van der Waals surface area contributed by atoms with E-state index in [0.29, 0.717) is 0 Å². The summed E-state index contributed by atoms with van der Waals surface area (Å²) in [6.07, 6.45) is 0. The molecule has 0 aliphatic rings. The predicted molar refractivity (Wildman–Crippen MR) is 58.1 cm³/mol. The average molecular weight is 227 g/mol. The van der Waals surface area contributed by atoms with Crippen molar-refractivity contribution >= 4 is 5.97 Å². The van der Waals surface area contributed by atoms with Gasteiger partial charge in [0.25, 0.3) is 0 Å². The molecule has 0 fully saturated rings. The topological polar surface area (TPSA) is 96.7 Å². The Hall–Kier alpha value is -1.33. The summed E-state index contributed by atoms with van der Waals surface area (Å²) in [4.78, 5) is 10.7. The minimum absolute atomic E-state index is 0.0386. The van der Waals surface area contributed by atoms with Gasteiger partial charge in [-0.15, -0.1) is 0 Å². The van der Waals surface area contributed by atoms with Gasteiger partial charge in [0.05, 0.1) is 0 Å². The summed E-state index contributed by atoms with van der Waals surface area (Å²) in [6, 6.07) is 2.76. The van der Waals surface area contributed by atoms with Crippen LogP contribution in [0.4, 0.5) is 0 Å². The third-order valence-electron chi connectivity index (χ3n) is 2.76. The zero-order chi connectivity index (χ0) is 12.6. The molecule has 1 rings (SSSR count). The van der Waals surface area contributed by atoms with Crippen LogP contribution >= 0.6 is 0 Å². The smallest absolute Gasteiger partial charge is 0.371 e. The summed E-state index contributed by atoms with van der Waals surface area (Å²) in [5.74, 6) is -1.19. The Morgan fingerprint density at radius 1 is 1.44 bits per heavy atom. The van der Waals surface area contributed by atoms with Crippen molar-refractivity contribution in [1.29, 1.82) is 0 Å². The van der Waals surface area contributed by atoms with E-state index in [-0.39, 0.29) is 18.1 Å². The van der Waals surface area contributed by atoms with Crippen molar-refractivity contribution in [2.24, 2.45) is 11.1 Å². The quantitative estimate of drug-likeness (QED) is 0.720. The first kappa shape index (κ1) is 12.7. The lowest BCUT2D eigenvalue weighted by Gasteiger charge is -2.37. The van der Waals surface area contributed by atoms with Crippen LogP contribution in [0.1, 0.15) is 37.1 Å². The van der Waals surface area contributed by atoms with Gasteiger partial charge in [0.15, 0.2) is 0 Å². The van der Waals surface area contributed by atoms with Gasteiger partial charge < -0.3 is 20.4 Å². The zero-order valence-electron chi connectivity index (χ0n) is 9.65. The van der Waals surface area contributed by atoms with E-state index in [0.717, 1.165) is 0 Å². The molecule has 0 spiro atoms. The molecule has 0 saturated heterocycles. The standard InChI is InChI=1S/C11H17NO4/c1-10(2,3)11(15,6-12)8-5-4-7(16-8)9(13)14/h4-5,15H,6,12H2,1-3H3,(H,13,14). The van der Waals surface area contributed by atoms with Crippen LogP contribution in [0, 0.1) is 5.41 Å². The van der Waals surface area contributed by atoms with Crippen molar-refractivity contribution in [2.45, 2.75) is 26.4 Å². The highest BCUT2D eigenvalue weighted by Gasteiger charge is 2.43. The Kier molecular flexibility index (Phi) is 3.12. The molecule has 5 nitrogen and oxygen atoms in total. The highest BCUT2D eigenvalue weighted by molar-refractivity contribution is 5.84. The van der Waals surface area contributed by atoms with E-state index in [9.17, 15) is 9.90 Å². The fourth-order valence-corrected chi connectivity index (χ4v) is 1.45. The van der Waals surface area contributed by atoms with Gasteiger partial charge in [0.2, 0.25) is 5.76 Å². The van der Waals surface area contributed by atoms with Crippen molar-refractivity contribution in [3.63, 3.8) is 0 Å². The number of carbonyl (C=O) groups is 1. The number of aromatic carboxylic acids is 1. The number of hydrogen-bond acceptors (Lipinski definition) is 4. The number of hydrogen-bond donors (Lipinski definition) is 3. The van der Waals surface area contributed by atoms with Gasteiger partial charge in [0.1, 0.15) is 11.4 Å². The monoisotopic (exact) mass is 227 g/mol. The van der Waals surface area contributed by atoms with Gasteiger partial charge in [0, 0.05) is 6.54 Å². The Balaban J connectivity index is 3.19. The molecule has 16 heavy (non-hydrogen) atoms. The fourth-order valence-electron chi connectivity index (χ4n) is 1.45. The Bertz CT molecular complexity index is 391. The lowest BCUT2D eigenvalue weighted by molar-refractivity contribution is -0.0725. The largest absolute Gasteiger partial charge is 0.475 e. The van der Waals surface area contributed by atoms with E-state index in [4.69, 9.17) is 15.3 Å². The van der Waals surface area contributed by atoms with Crippen molar-refractivity contribution in [2.75, 3.05) is 6.54 Å². The van der Waals surface area contributed by atoms with Crippen molar-refractivity contribution in [3.05, 3.63) is 23.7 Å². The molecule has 5 heteroatoms. The molecule has 0 radical (unpaired) electrons. The fraction of sp³-hybridized carbons (Fsp3) is 0.545. The molecule has 1 atom stereocenters. The number of carboxylic acids is 1. The van der Waals surface area contributed by atoms with E-state index >= 15 is 0 Å². The molecule has 1 unspecified atom stereocenters. The number of carboxylic acid groups (broad SMARTS) is 1. The SMILES string of the molecule is CC(C)(C)C(O)(CN)c1ccc(C(=O)O)o1. The Morgan fingerprint density at radius 2 is 2.00 bits per heavy atom. The number of rotatable bonds is 3. The molecule has 0 amide bonds. The van der Waals surface area contributed by atoms with Gasteiger partial charge in [-0.1, -0.05) is 20.8 Å². The van der Waals surface area contributed by atoms with E-state index in [1.165, 1.54) is 12.1 Å². The van der Waals surface area contributed by atoms with E-state index in [1.807, 2.05) is 20.8 Å². The molecule has 0 aromatic carbocycles. The second-order valence-corrected chi connectivity index (χ2v) is 4.78. The summed E-state index contributed by atoms with van der Waals surface area (Å²) in [5.41, 5.74) is 3.63. The molecular weight excluding hydrogens is 210 g/mol. The normalized spacial score (nSPS) is 15.8. The molecule has 90 valence electrons. The molecule has 0 saturated carbocycles. The van der Waals surface area contributed by atoms with E-state index < -0.39 is 17.0 Å². The number of furan rings is 1. The second kappa shape index (κ2) is 3.92. The van der Waals surface area contributed by atoms with Gasteiger partial charge in [-0.3, -0.25) is 0 Å². The molecule has 1 aromatic heterocycles. The first-order valence-electron chi connectivity index (χ1n) is 4.98. The van der Waals surface area contributed by atoms with Crippen LogP contribution in [0.5, 0.6) is 0 Å². The minimum atomic E-state index is -1.37. The highest BCUT2D eigenvalue weighted by Crippen LogP contribution is 2.39. The zero-order valence-corrected chi connectivity index (χ0v) is 9.65. The van der Waals surface area contributed by atoms with Gasteiger partial charge in [-0.2, -0.15) is 0 Å². The second-order valence-electron chi connectivity index (χ2n) is 4.78. The van der Waals surface area contributed by atoms with Crippen molar-refractivity contribution in [3.8, 4) is 0 Å². The third kappa shape index (κ3) is 1.96. The van der Waals surface area contributed by atoms with Crippen LogP contribution in [0.25, 0.3) is 0 Å². The van der Waals surface area contributed by atoms with E-state index in [2.05, 4.69) is 0 Å². The summed E-state index contributed by atoms with van der Waals surface area (Å²) in [6.45, 7) is 5.39. The Morgan fingerprint density at radius 3 is 2.31 bits per heavy atom. The average Bonchev–Trinajstić information content (AvgIpc) is 2.63. The summed E-state index contributed by atoms with van der Waals surface area (Å²) in [5, 5.41) is 19.1. The molecule has 0 bridgehead atoms. The first-order chi connectivity index (χ1) is 7.22. The first-order valence-corrected chi connectivity index (χ1v) is 4.98. The number of nitrogens with two attached hydrogens (primary N) is 1. The van der Waals surface area contributed by atoms with E-state index in [1.54, 1.807) is 0 Å². The van der Waals surface area contributed by atoms with Crippen LogP contribution in [0.3, 0.4) is 0 Å². The molecule has 1 aromatic rings. The van der Waals surface area contributed by atoms with Crippen LogP contribution in [-0.4, -0.2) is 22.7 Å². The highest BCUT2D eigenvalue weighted by atomic mass is 16.4. The molecule has 4 N–H and O–H groups in total. The summed E-state index contributed by atoms with van der Waals surface area (Å²) >= 11 is 0. The summed E-state index contributed by atoms with van der Waals surface area (Å²) in [7, 11) is 0. The third-order valence-corrected chi connectivity index (χ3v) is 2.76. The lowest BCUT2D eigenvalue weighted by Crippen LogP contribution is -2.46. The van der Waals surface area contributed by atoms with Crippen LogP contribution in [0.2, 0.25) is 0 Å². The van der Waals surface area contributed by atoms with Crippen molar-refractivity contribution < 1.29 is 19.4 Å². The van der Waals surface area contributed by atoms with Crippen LogP contribution < -0.4 is 5.73 Å². The lowest BCUT2D eigenvalue weighted by atomic mass is 9.75. The van der Waals surface area contributed by atoms with Crippen molar-refractivity contribution in [1.82, 2.24) is 0 Å². The predicted octanol–water partition coefficient (Wildman–Crippen LogP) is 1.17. The van der Waals surface area contributed by atoms with Crippen LogP contribution in [0.15, 0.2) is 16.5 Å². The summed E-state index contributed by atoms with van der Waals surface area (Å²) < 4.78 is 5.10. The maximum atomic E-state index is 10.7. The maximum absolute atomic E-state index is 10.7. The number of aliphatic hydroxyl groups is 1. The van der Waals surface area contributed by atoms with Gasteiger partial charge >= 0.3 is 5.97 Å². The molecular formula is C11H17NO4. The molecule has 1 heterocycles. The van der Waals surface area contributed by atoms with Gasteiger partial charge in [-0.25, -0.2) is 4.79 Å². The van der Waals surface area contributed by atoms with Gasteiger partial charge in [-0.05, 0) is 17.5 Å². The molecule has 0 aliphatic heterocycles. The van der Waals surface area contributed by atoms with Crippen LogP contribution in [-0.2, 0) is 5.60 Å². The minimum Gasteiger partial charge on any atom is -0.475 e.